The third-order valence-electron chi connectivity index (χ3n) is 5.01. The normalized spacial score (nSPS) is 20.9. The van der Waals surface area contributed by atoms with Crippen molar-refractivity contribution >= 4 is 11.8 Å². The molecular formula is C21H32N2O4. The van der Waals surface area contributed by atoms with Gasteiger partial charge in [-0.1, -0.05) is 27.7 Å². The highest BCUT2D eigenvalue weighted by atomic mass is 16.5. The van der Waals surface area contributed by atoms with E-state index < -0.39 is 6.04 Å². The maximum Gasteiger partial charge on any atom is 0.252 e. The smallest absolute Gasteiger partial charge is 0.252 e. The van der Waals surface area contributed by atoms with Gasteiger partial charge in [0.25, 0.3) is 5.91 Å². The standard InChI is InChI=1S/C21H32N2O4/c1-13(2)19(21(25)23-11-14(3)7-15(4)12-23)22-20(24)16-8-17(26-5)10-18(9-16)27-6/h8-10,13-15,19H,7,11-12H2,1-6H3,(H,22,24)/t14-,15-,19-/m0/s1. The summed E-state index contributed by atoms with van der Waals surface area (Å²) in [6.45, 7) is 9.73. The summed E-state index contributed by atoms with van der Waals surface area (Å²) in [7, 11) is 3.07. The van der Waals surface area contributed by atoms with Crippen LogP contribution >= 0.6 is 0 Å². The Labute approximate surface area is 162 Å². The molecule has 1 aliphatic rings. The van der Waals surface area contributed by atoms with E-state index in [9.17, 15) is 9.59 Å². The van der Waals surface area contributed by atoms with Gasteiger partial charge in [-0.25, -0.2) is 0 Å². The van der Waals surface area contributed by atoms with Crippen molar-refractivity contribution in [1.29, 1.82) is 0 Å². The van der Waals surface area contributed by atoms with Gasteiger partial charge in [0.05, 0.1) is 14.2 Å². The largest absolute Gasteiger partial charge is 0.497 e. The second-order valence-electron chi connectivity index (χ2n) is 7.99. The zero-order chi connectivity index (χ0) is 20.1. The average Bonchev–Trinajstić information content (AvgIpc) is 2.63. The van der Waals surface area contributed by atoms with E-state index in [0.29, 0.717) is 28.9 Å². The first-order chi connectivity index (χ1) is 12.7. The minimum absolute atomic E-state index is 0.00777. The number of ether oxygens (including phenoxy) is 2. The molecule has 1 heterocycles. The van der Waals surface area contributed by atoms with Gasteiger partial charge in [0.1, 0.15) is 17.5 Å². The van der Waals surface area contributed by atoms with E-state index in [0.717, 1.165) is 19.5 Å². The number of nitrogens with zero attached hydrogens (tertiary/aromatic N) is 1. The number of hydrogen-bond acceptors (Lipinski definition) is 4. The number of amides is 2. The monoisotopic (exact) mass is 376 g/mol. The molecule has 27 heavy (non-hydrogen) atoms. The van der Waals surface area contributed by atoms with Gasteiger partial charge in [-0.3, -0.25) is 9.59 Å². The molecule has 0 radical (unpaired) electrons. The maximum atomic E-state index is 13.1. The van der Waals surface area contributed by atoms with E-state index in [4.69, 9.17) is 9.47 Å². The van der Waals surface area contributed by atoms with Crippen LogP contribution in [0.25, 0.3) is 0 Å². The zero-order valence-corrected chi connectivity index (χ0v) is 17.2. The highest BCUT2D eigenvalue weighted by molar-refractivity contribution is 5.98. The predicted molar refractivity (Wildman–Crippen MR) is 105 cm³/mol. The summed E-state index contributed by atoms with van der Waals surface area (Å²) in [6.07, 6.45) is 1.13. The third-order valence-corrected chi connectivity index (χ3v) is 5.01. The number of nitrogens with one attached hydrogen (secondary N) is 1. The summed E-state index contributed by atoms with van der Waals surface area (Å²) in [5, 5.41) is 2.92. The van der Waals surface area contributed by atoms with Crippen LogP contribution in [0.15, 0.2) is 18.2 Å². The van der Waals surface area contributed by atoms with Crippen molar-refractivity contribution in [2.75, 3.05) is 27.3 Å². The highest BCUT2D eigenvalue weighted by Gasteiger charge is 2.33. The number of likely N-dealkylation sites (tertiary alicyclic amines) is 1. The summed E-state index contributed by atoms with van der Waals surface area (Å²) in [5.41, 5.74) is 0.407. The summed E-state index contributed by atoms with van der Waals surface area (Å²) >= 11 is 0. The summed E-state index contributed by atoms with van der Waals surface area (Å²) in [4.78, 5) is 27.8. The van der Waals surface area contributed by atoms with Crippen molar-refractivity contribution in [3.8, 4) is 11.5 Å². The second kappa shape index (κ2) is 9.11. The molecular weight excluding hydrogens is 344 g/mol. The number of methoxy groups -OCH3 is 2. The van der Waals surface area contributed by atoms with Crippen LogP contribution in [0.4, 0.5) is 0 Å². The lowest BCUT2D eigenvalue weighted by atomic mass is 9.90. The molecule has 1 aliphatic heterocycles. The fraction of sp³-hybridized carbons (Fsp3) is 0.619. The Morgan fingerprint density at radius 2 is 1.56 bits per heavy atom. The van der Waals surface area contributed by atoms with Crippen LogP contribution in [0, 0.1) is 17.8 Å². The molecule has 1 aromatic rings. The van der Waals surface area contributed by atoms with Crippen LogP contribution in [0.2, 0.25) is 0 Å². The Kier molecular flexibility index (Phi) is 7.11. The van der Waals surface area contributed by atoms with Crippen LogP contribution < -0.4 is 14.8 Å². The molecule has 3 atom stereocenters. The Morgan fingerprint density at radius 3 is 2.00 bits per heavy atom. The number of benzene rings is 1. The maximum absolute atomic E-state index is 13.1. The Bertz CT molecular complexity index is 642. The van der Waals surface area contributed by atoms with E-state index in [1.807, 2.05) is 18.7 Å². The van der Waals surface area contributed by atoms with E-state index >= 15 is 0 Å². The molecule has 0 bridgehead atoms. The molecule has 6 heteroatoms. The molecule has 1 fully saturated rings. The zero-order valence-electron chi connectivity index (χ0n) is 17.2. The topological polar surface area (TPSA) is 67.9 Å². The van der Waals surface area contributed by atoms with Gasteiger partial charge in [0.15, 0.2) is 0 Å². The fourth-order valence-corrected chi connectivity index (χ4v) is 3.72. The van der Waals surface area contributed by atoms with Crippen molar-refractivity contribution in [2.24, 2.45) is 17.8 Å². The Hall–Kier alpha value is -2.24. The highest BCUT2D eigenvalue weighted by Crippen LogP contribution is 2.24. The molecule has 6 nitrogen and oxygen atoms in total. The lowest BCUT2D eigenvalue weighted by molar-refractivity contribution is -0.137. The Balaban J connectivity index is 2.18. The lowest BCUT2D eigenvalue weighted by Gasteiger charge is -2.37. The molecule has 0 saturated carbocycles. The van der Waals surface area contributed by atoms with E-state index in [1.165, 1.54) is 14.2 Å². The summed E-state index contributed by atoms with van der Waals surface area (Å²) in [6, 6.07) is 4.43. The molecule has 0 aromatic heterocycles. The van der Waals surface area contributed by atoms with Gasteiger partial charge in [-0.15, -0.1) is 0 Å². The van der Waals surface area contributed by atoms with Gasteiger partial charge in [0.2, 0.25) is 5.91 Å². The minimum atomic E-state index is -0.563. The molecule has 1 aromatic carbocycles. The van der Waals surface area contributed by atoms with Gasteiger partial charge in [0, 0.05) is 24.7 Å². The van der Waals surface area contributed by atoms with E-state index in [-0.39, 0.29) is 17.7 Å². The fourth-order valence-electron chi connectivity index (χ4n) is 3.72. The average molecular weight is 376 g/mol. The van der Waals surface area contributed by atoms with Gasteiger partial charge < -0.3 is 19.7 Å². The first-order valence-corrected chi connectivity index (χ1v) is 9.57. The van der Waals surface area contributed by atoms with Crippen molar-refractivity contribution in [3.63, 3.8) is 0 Å². The van der Waals surface area contributed by atoms with Crippen molar-refractivity contribution < 1.29 is 19.1 Å². The molecule has 0 spiro atoms. The molecule has 0 aliphatic carbocycles. The lowest BCUT2D eigenvalue weighted by Crippen LogP contribution is -2.54. The van der Waals surface area contributed by atoms with Crippen LogP contribution in [-0.2, 0) is 4.79 Å². The van der Waals surface area contributed by atoms with Crippen LogP contribution in [-0.4, -0.2) is 50.1 Å². The summed E-state index contributed by atoms with van der Waals surface area (Å²) < 4.78 is 10.5. The number of hydrogen-bond donors (Lipinski definition) is 1. The summed E-state index contributed by atoms with van der Waals surface area (Å²) in [5.74, 6) is 1.69. The first-order valence-electron chi connectivity index (χ1n) is 9.57. The molecule has 1 saturated heterocycles. The van der Waals surface area contributed by atoms with E-state index in [1.54, 1.807) is 18.2 Å². The van der Waals surface area contributed by atoms with Gasteiger partial charge >= 0.3 is 0 Å². The van der Waals surface area contributed by atoms with Crippen molar-refractivity contribution in [2.45, 2.75) is 40.2 Å². The van der Waals surface area contributed by atoms with Crippen LogP contribution in [0.3, 0.4) is 0 Å². The SMILES string of the molecule is COc1cc(OC)cc(C(=O)N[C@H](C(=O)N2C[C@@H](C)C[C@H](C)C2)C(C)C)c1. The first kappa shape index (κ1) is 21.1. The molecule has 0 unspecified atom stereocenters. The second-order valence-corrected chi connectivity index (χ2v) is 7.99. The number of rotatable bonds is 6. The van der Waals surface area contributed by atoms with Crippen LogP contribution in [0.1, 0.15) is 44.5 Å². The minimum Gasteiger partial charge on any atom is -0.497 e. The number of carbonyl (C=O) groups excluding carboxylic acids is 2. The Morgan fingerprint density at radius 1 is 1.04 bits per heavy atom. The van der Waals surface area contributed by atoms with Crippen molar-refractivity contribution in [3.05, 3.63) is 23.8 Å². The predicted octanol–water partition coefficient (Wildman–Crippen LogP) is 2.96. The van der Waals surface area contributed by atoms with Crippen molar-refractivity contribution in [1.82, 2.24) is 10.2 Å². The number of piperidine rings is 1. The molecule has 2 rings (SSSR count). The third kappa shape index (κ3) is 5.37. The molecule has 1 N–H and O–H groups in total. The van der Waals surface area contributed by atoms with E-state index in [2.05, 4.69) is 19.2 Å². The quantitative estimate of drug-likeness (QED) is 0.829. The number of carbonyl (C=O) groups is 2. The van der Waals surface area contributed by atoms with Crippen LogP contribution in [0.5, 0.6) is 11.5 Å². The molecule has 150 valence electrons. The van der Waals surface area contributed by atoms with Gasteiger partial charge in [-0.2, -0.15) is 0 Å². The molecule has 2 amide bonds. The van der Waals surface area contributed by atoms with Gasteiger partial charge in [-0.05, 0) is 36.3 Å².